The van der Waals surface area contributed by atoms with E-state index in [0.29, 0.717) is 12.8 Å². The average molecular weight is 623 g/mol. The Labute approximate surface area is 264 Å². The molecule has 4 aromatic rings. The van der Waals surface area contributed by atoms with Gasteiger partial charge in [-0.3, -0.25) is 19.2 Å². The Morgan fingerprint density at radius 1 is 0.435 bits per heavy atom. The zero-order valence-corrected chi connectivity index (χ0v) is 25.1. The van der Waals surface area contributed by atoms with Crippen LogP contribution in [0.5, 0.6) is 11.5 Å². The molecule has 0 aliphatic heterocycles. The third kappa shape index (κ3) is 7.97. The third-order valence-corrected chi connectivity index (χ3v) is 6.60. The fourth-order valence-corrected chi connectivity index (χ4v) is 4.42. The van der Waals surface area contributed by atoms with Gasteiger partial charge in [0.15, 0.2) is 11.6 Å². The van der Waals surface area contributed by atoms with Crippen molar-refractivity contribution in [2.24, 2.45) is 0 Å². The van der Waals surface area contributed by atoms with Gasteiger partial charge in [0.05, 0.1) is 22.3 Å². The minimum absolute atomic E-state index is 0.0310. The van der Waals surface area contributed by atoms with E-state index in [4.69, 9.17) is 19.2 Å². The van der Waals surface area contributed by atoms with Crippen molar-refractivity contribution in [3.63, 3.8) is 0 Å². The quantitative estimate of drug-likeness (QED) is 0.0566. The SMILES string of the molecule is CCCC(=O)Oc1ccccc1C(=O)c1ccccc1C(=O)OOC(=O)c1ccccc1C(=O)c1ccccc1OC(=O)CCC. The van der Waals surface area contributed by atoms with Gasteiger partial charge in [0, 0.05) is 24.0 Å². The summed E-state index contributed by atoms with van der Waals surface area (Å²) in [4.78, 5) is 87.0. The molecule has 0 atom stereocenters. The molecule has 10 heteroatoms. The van der Waals surface area contributed by atoms with Crippen LogP contribution in [0, 0.1) is 0 Å². The molecule has 0 aliphatic carbocycles. The van der Waals surface area contributed by atoms with Crippen LogP contribution in [0.15, 0.2) is 97.1 Å². The first-order chi connectivity index (χ1) is 22.2. The predicted molar refractivity (Wildman–Crippen MR) is 165 cm³/mol. The van der Waals surface area contributed by atoms with Gasteiger partial charge in [-0.05, 0) is 49.2 Å². The molecule has 0 amide bonds. The number of para-hydroxylation sites is 2. The molecule has 0 N–H and O–H groups in total. The van der Waals surface area contributed by atoms with Crippen molar-refractivity contribution in [2.45, 2.75) is 39.5 Å². The lowest BCUT2D eigenvalue weighted by Crippen LogP contribution is -2.18. The van der Waals surface area contributed by atoms with Gasteiger partial charge in [-0.1, -0.05) is 74.5 Å². The minimum Gasteiger partial charge on any atom is -0.426 e. The van der Waals surface area contributed by atoms with E-state index in [0.717, 1.165) is 0 Å². The van der Waals surface area contributed by atoms with Crippen molar-refractivity contribution in [1.82, 2.24) is 0 Å². The highest BCUT2D eigenvalue weighted by Gasteiger charge is 2.26. The van der Waals surface area contributed by atoms with E-state index in [1.165, 1.54) is 72.8 Å². The molecule has 0 aliphatic rings. The Morgan fingerprint density at radius 3 is 1.09 bits per heavy atom. The van der Waals surface area contributed by atoms with Gasteiger partial charge in [-0.2, -0.15) is 0 Å². The largest absolute Gasteiger partial charge is 0.426 e. The Bertz CT molecular complexity index is 1660. The zero-order valence-electron chi connectivity index (χ0n) is 25.1. The summed E-state index contributed by atoms with van der Waals surface area (Å²) in [5.74, 6) is -4.54. The Hall–Kier alpha value is -5.90. The summed E-state index contributed by atoms with van der Waals surface area (Å²) in [7, 11) is 0. The van der Waals surface area contributed by atoms with Crippen LogP contribution in [0.3, 0.4) is 0 Å². The van der Waals surface area contributed by atoms with Crippen molar-refractivity contribution in [3.05, 3.63) is 130 Å². The van der Waals surface area contributed by atoms with E-state index in [2.05, 4.69) is 0 Å². The van der Waals surface area contributed by atoms with Crippen LogP contribution in [-0.2, 0) is 19.4 Å². The molecule has 234 valence electrons. The molecule has 0 radical (unpaired) electrons. The van der Waals surface area contributed by atoms with Crippen LogP contribution in [0.2, 0.25) is 0 Å². The van der Waals surface area contributed by atoms with Crippen LogP contribution >= 0.6 is 0 Å². The van der Waals surface area contributed by atoms with E-state index in [9.17, 15) is 28.8 Å². The van der Waals surface area contributed by atoms with Crippen LogP contribution in [-0.4, -0.2) is 35.4 Å². The van der Waals surface area contributed by atoms with E-state index in [1.807, 2.05) is 13.8 Å². The predicted octanol–water partition coefficient (Wildman–Crippen LogP) is 6.49. The number of hydrogen-bond donors (Lipinski definition) is 0. The summed E-state index contributed by atoms with van der Waals surface area (Å²) in [6, 6.07) is 23.6. The van der Waals surface area contributed by atoms with Crippen molar-refractivity contribution in [1.29, 1.82) is 0 Å². The molecule has 10 nitrogen and oxygen atoms in total. The topological polar surface area (TPSA) is 139 Å². The van der Waals surface area contributed by atoms with E-state index in [-0.39, 0.29) is 57.7 Å². The standard InChI is InChI=1S/C36H30O10/c1-3-13-31(37)43-29-21-11-9-19-27(29)33(39)23-15-5-7-17-25(23)35(41)45-46-36(42)26-18-8-6-16-24(26)34(40)28-20-10-12-22-30(28)44-32(38)14-4-2/h5-12,15-22H,3-4,13-14H2,1-2H3. The van der Waals surface area contributed by atoms with Crippen LogP contribution in [0.4, 0.5) is 0 Å². The van der Waals surface area contributed by atoms with Gasteiger partial charge in [0.2, 0.25) is 0 Å². The highest BCUT2D eigenvalue weighted by molar-refractivity contribution is 6.17. The molecule has 0 saturated heterocycles. The number of ketones is 2. The van der Waals surface area contributed by atoms with Gasteiger partial charge in [-0.15, -0.1) is 0 Å². The second-order valence-corrected chi connectivity index (χ2v) is 9.93. The Kier molecular flexibility index (Phi) is 11.3. The van der Waals surface area contributed by atoms with Gasteiger partial charge in [0.1, 0.15) is 11.5 Å². The molecule has 0 saturated carbocycles. The number of ether oxygens (including phenoxy) is 2. The smallest absolute Gasteiger partial charge is 0.387 e. The summed E-state index contributed by atoms with van der Waals surface area (Å²) in [5, 5.41) is 0. The maximum absolute atomic E-state index is 13.5. The molecule has 0 aromatic heterocycles. The van der Waals surface area contributed by atoms with E-state index in [1.54, 1.807) is 24.3 Å². The Balaban J connectivity index is 1.53. The molecule has 0 unspecified atom stereocenters. The molecule has 0 bridgehead atoms. The van der Waals surface area contributed by atoms with E-state index >= 15 is 0 Å². The molecular weight excluding hydrogens is 592 g/mol. The van der Waals surface area contributed by atoms with Crippen molar-refractivity contribution >= 4 is 35.4 Å². The summed E-state index contributed by atoms with van der Waals surface area (Å²) < 4.78 is 10.7. The number of rotatable bonds is 12. The van der Waals surface area contributed by atoms with Gasteiger partial charge in [-0.25, -0.2) is 19.4 Å². The van der Waals surface area contributed by atoms with E-state index < -0.39 is 35.4 Å². The lowest BCUT2D eigenvalue weighted by atomic mass is 9.97. The monoisotopic (exact) mass is 622 g/mol. The molecule has 46 heavy (non-hydrogen) atoms. The lowest BCUT2D eigenvalue weighted by Gasteiger charge is -2.12. The van der Waals surface area contributed by atoms with Crippen LogP contribution < -0.4 is 9.47 Å². The average Bonchev–Trinajstić information content (AvgIpc) is 3.07. The third-order valence-electron chi connectivity index (χ3n) is 6.60. The first-order valence-corrected chi connectivity index (χ1v) is 14.5. The molecule has 0 fully saturated rings. The summed E-state index contributed by atoms with van der Waals surface area (Å²) >= 11 is 0. The zero-order chi connectivity index (χ0) is 33.1. The second-order valence-electron chi connectivity index (χ2n) is 9.93. The van der Waals surface area contributed by atoms with Gasteiger partial charge < -0.3 is 9.47 Å². The summed E-state index contributed by atoms with van der Waals surface area (Å²) in [6.07, 6.45) is 1.43. The molecular formula is C36H30O10. The molecule has 4 rings (SSSR count). The highest BCUT2D eigenvalue weighted by Crippen LogP contribution is 2.26. The van der Waals surface area contributed by atoms with Gasteiger partial charge >= 0.3 is 23.9 Å². The summed E-state index contributed by atoms with van der Waals surface area (Å²) in [5.41, 5.74) is -0.543. The number of benzene rings is 4. The number of carbonyl (C=O) groups is 6. The van der Waals surface area contributed by atoms with Gasteiger partial charge in [0.25, 0.3) is 0 Å². The normalized spacial score (nSPS) is 10.4. The number of hydrogen-bond acceptors (Lipinski definition) is 10. The summed E-state index contributed by atoms with van der Waals surface area (Å²) in [6.45, 7) is 3.63. The van der Waals surface area contributed by atoms with Crippen LogP contribution in [0.25, 0.3) is 0 Å². The van der Waals surface area contributed by atoms with Crippen molar-refractivity contribution < 1.29 is 48.0 Å². The van der Waals surface area contributed by atoms with Crippen LogP contribution in [0.1, 0.15) is 92.1 Å². The molecule has 4 aromatic carbocycles. The minimum atomic E-state index is -1.16. The first kappa shape index (κ1) is 33.0. The molecule has 0 spiro atoms. The highest BCUT2D eigenvalue weighted by atomic mass is 17.2. The van der Waals surface area contributed by atoms with Crippen molar-refractivity contribution in [3.8, 4) is 11.5 Å². The number of esters is 2. The fourth-order valence-electron chi connectivity index (χ4n) is 4.42. The lowest BCUT2D eigenvalue weighted by molar-refractivity contribution is -0.187. The maximum atomic E-state index is 13.5. The fraction of sp³-hybridized carbons (Fsp3) is 0.167. The second kappa shape index (κ2) is 15.7. The number of carbonyl (C=O) groups excluding carboxylic acids is 6. The maximum Gasteiger partial charge on any atom is 0.387 e. The molecule has 0 heterocycles. The Morgan fingerprint density at radius 2 is 0.739 bits per heavy atom. The van der Waals surface area contributed by atoms with Crippen molar-refractivity contribution in [2.75, 3.05) is 0 Å². The first-order valence-electron chi connectivity index (χ1n) is 14.5.